The van der Waals surface area contributed by atoms with Crippen LogP contribution in [-0.2, 0) is 5.75 Å². The maximum atomic E-state index is 9.71. The predicted molar refractivity (Wildman–Crippen MR) is 98.1 cm³/mol. The van der Waals surface area contributed by atoms with E-state index < -0.39 is 0 Å². The van der Waals surface area contributed by atoms with E-state index in [1.54, 1.807) is 0 Å². The van der Waals surface area contributed by atoms with E-state index in [4.69, 9.17) is 5.73 Å². The first-order valence-electron chi connectivity index (χ1n) is 8.07. The molecule has 0 bridgehead atoms. The van der Waals surface area contributed by atoms with Gasteiger partial charge in [0.1, 0.15) is 34.1 Å². The van der Waals surface area contributed by atoms with Crippen LogP contribution in [-0.4, -0.2) is 23.1 Å². The average Bonchev–Trinajstić information content (AvgIpc) is 3.14. The van der Waals surface area contributed by atoms with Crippen LogP contribution in [0.4, 0.5) is 11.5 Å². The molecule has 0 amide bonds. The zero-order valence-corrected chi connectivity index (χ0v) is 14.8. The molecule has 0 atom stereocenters. The predicted octanol–water partition coefficient (Wildman–Crippen LogP) is 3.00. The molecule has 2 aromatic heterocycles. The quantitative estimate of drug-likeness (QED) is 0.845. The molecule has 2 N–H and O–H groups in total. The minimum atomic E-state index is 0.188. The summed E-state index contributed by atoms with van der Waals surface area (Å²) in [6.07, 6.45) is 3.92. The van der Waals surface area contributed by atoms with Crippen molar-refractivity contribution in [2.24, 2.45) is 0 Å². The van der Waals surface area contributed by atoms with Gasteiger partial charge in [-0.2, -0.15) is 10.5 Å². The van der Waals surface area contributed by atoms with Crippen molar-refractivity contribution in [2.45, 2.75) is 30.5 Å². The van der Waals surface area contributed by atoms with Crippen molar-refractivity contribution < 1.29 is 0 Å². The van der Waals surface area contributed by atoms with Gasteiger partial charge in [0.2, 0.25) is 0 Å². The maximum Gasteiger partial charge on any atom is 0.144 e. The molecule has 0 saturated carbocycles. The van der Waals surface area contributed by atoms with Crippen LogP contribution in [0.2, 0.25) is 0 Å². The van der Waals surface area contributed by atoms with E-state index >= 15 is 0 Å². The molecule has 0 radical (unpaired) electrons. The number of aromatic nitrogens is 2. The van der Waals surface area contributed by atoms with Gasteiger partial charge in [-0.3, -0.25) is 4.98 Å². The Morgan fingerprint density at radius 2 is 1.92 bits per heavy atom. The van der Waals surface area contributed by atoms with Gasteiger partial charge >= 0.3 is 0 Å². The van der Waals surface area contributed by atoms with Gasteiger partial charge in [-0.25, -0.2) is 4.98 Å². The summed E-state index contributed by atoms with van der Waals surface area (Å²) in [5.74, 6) is 0.827. The van der Waals surface area contributed by atoms with Crippen molar-refractivity contribution in [1.82, 2.24) is 9.97 Å². The van der Waals surface area contributed by atoms with Gasteiger partial charge in [-0.15, -0.1) is 11.8 Å². The van der Waals surface area contributed by atoms with Crippen molar-refractivity contribution in [3.63, 3.8) is 0 Å². The van der Waals surface area contributed by atoms with Crippen molar-refractivity contribution >= 4 is 23.3 Å². The SMILES string of the molecule is Cc1ccc(CSc2nc(N)c(C#N)c(N3CCCC3)c2C#N)cn1. The molecular weight excluding hydrogens is 332 g/mol. The largest absolute Gasteiger partial charge is 0.382 e. The Kier molecular flexibility index (Phi) is 5.06. The Labute approximate surface area is 151 Å². The Hall–Kier alpha value is -2.77. The van der Waals surface area contributed by atoms with Crippen molar-refractivity contribution in [3.8, 4) is 12.1 Å². The lowest BCUT2D eigenvalue weighted by Gasteiger charge is -2.22. The first-order valence-corrected chi connectivity index (χ1v) is 9.05. The second-order valence-electron chi connectivity index (χ2n) is 5.92. The first kappa shape index (κ1) is 17.1. The minimum Gasteiger partial charge on any atom is -0.382 e. The lowest BCUT2D eigenvalue weighted by molar-refractivity contribution is 0.946. The molecule has 0 unspecified atom stereocenters. The number of hydrogen-bond acceptors (Lipinski definition) is 7. The fourth-order valence-electron chi connectivity index (χ4n) is 2.88. The molecular formula is C18H18N6S. The zero-order chi connectivity index (χ0) is 17.8. The van der Waals surface area contributed by atoms with Crippen LogP contribution in [0.5, 0.6) is 0 Å². The Balaban J connectivity index is 1.97. The highest BCUT2D eigenvalue weighted by Gasteiger charge is 2.25. The van der Waals surface area contributed by atoms with Crippen LogP contribution in [0.1, 0.15) is 35.2 Å². The summed E-state index contributed by atoms with van der Waals surface area (Å²) in [4.78, 5) is 10.7. The fraction of sp³-hybridized carbons (Fsp3) is 0.333. The van der Waals surface area contributed by atoms with Gasteiger partial charge < -0.3 is 10.6 Å². The van der Waals surface area contributed by atoms with Crippen LogP contribution in [0.3, 0.4) is 0 Å². The van der Waals surface area contributed by atoms with Crippen LogP contribution < -0.4 is 10.6 Å². The molecule has 0 aliphatic carbocycles. The second kappa shape index (κ2) is 7.42. The number of nitriles is 2. The van der Waals surface area contributed by atoms with E-state index in [1.807, 2.05) is 25.3 Å². The van der Waals surface area contributed by atoms with Gasteiger partial charge in [0.05, 0.1) is 5.69 Å². The van der Waals surface area contributed by atoms with Crippen molar-refractivity contribution in [3.05, 3.63) is 40.7 Å². The van der Waals surface area contributed by atoms with E-state index in [0.29, 0.717) is 27.6 Å². The highest BCUT2D eigenvalue weighted by Crippen LogP contribution is 2.37. The molecule has 25 heavy (non-hydrogen) atoms. The minimum absolute atomic E-state index is 0.188. The fourth-order valence-corrected chi connectivity index (χ4v) is 3.80. The zero-order valence-electron chi connectivity index (χ0n) is 14.0. The van der Waals surface area contributed by atoms with Gasteiger partial charge in [-0.05, 0) is 31.4 Å². The molecule has 1 saturated heterocycles. The molecule has 7 heteroatoms. The molecule has 1 aliphatic rings. The topological polar surface area (TPSA) is 103 Å². The Morgan fingerprint density at radius 1 is 1.20 bits per heavy atom. The molecule has 1 fully saturated rings. The summed E-state index contributed by atoms with van der Waals surface area (Å²) < 4.78 is 0. The lowest BCUT2D eigenvalue weighted by Crippen LogP contribution is -2.21. The number of anilines is 2. The van der Waals surface area contributed by atoms with Gasteiger partial charge in [0.15, 0.2) is 0 Å². The van der Waals surface area contributed by atoms with Crippen molar-refractivity contribution in [1.29, 1.82) is 10.5 Å². The monoisotopic (exact) mass is 350 g/mol. The number of hydrogen-bond donors (Lipinski definition) is 1. The summed E-state index contributed by atoms with van der Waals surface area (Å²) in [7, 11) is 0. The van der Waals surface area contributed by atoms with Crippen molar-refractivity contribution in [2.75, 3.05) is 23.7 Å². The molecule has 0 spiro atoms. The Morgan fingerprint density at radius 3 is 2.52 bits per heavy atom. The van der Waals surface area contributed by atoms with Crippen LogP contribution in [0, 0.1) is 29.6 Å². The van der Waals surface area contributed by atoms with Crippen LogP contribution in [0.25, 0.3) is 0 Å². The highest BCUT2D eigenvalue weighted by atomic mass is 32.2. The van der Waals surface area contributed by atoms with E-state index in [-0.39, 0.29) is 5.82 Å². The lowest BCUT2D eigenvalue weighted by atomic mass is 10.1. The number of nitrogens with two attached hydrogens (primary N) is 1. The molecule has 1 aliphatic heterocycles. The number of nitrogen functional groups attached to an aromatic ring is 1. The molecule has 3 heterocycles. The number of nitrogens with zero attached hydrogens (tertiary/aromatic N) is 5. The molecule has 0 aromatic carbocycles. The number of aryl methyl sites for hydroxylation is 1. The molecule has 126 valence electrons. The van der Waals surface area contributed by atoms with E-state index in [1.165, 1.54) is 11.8 Å². The third kappa shape index (κ3) is 3.52. The molecule has 3 rings (SSSR count). The summed E-state index contributed by atoms with van der Waals surface area (Å²) in [5, 5.41) is 19.8. The van der Waals surface area contributed by atoms with Gasteiger partial charge in [0, 0.05) is 30.7 Å². The smallest absolute Gasteiger partial charge is 0.144 e. The molecule has 6 nitrogen and oxygen atoms in total. The van der Waals surface area contributed by atoms with Crippen LogP contribution >= 0.6 is 11.8 Å². The van der Waals surface area contributed by atoms with Gasteiger partial charge in [-0.1, -0.05) is 6.07 Å². The second-order valence-corrected chi connectivity index (χ2v) is 6.88. The summed E-state index contributed by atoms with van der Waals surface area (Å²) >= 11 is 1.45. The Bertz CT molecular complexity index is 857. The summed E-state index contributed by atoms with van der Waals surface area (Å²) in [6, 6.07) is 8.33. The summed E-state index contributed by atoms with van der Waals surface area (Å²) in [6.45, 7) is 3.60. The molecule has 2 aromatic rings. The van der Waals surface area contributed by atoms with E-state index in [2.05, 4.69) is 27.0 Å². The first-order chi connectivity index (χ1) is 12.1. The van der Waals surface area contributed by atoms with E-state index in [9.17, 15) is 10.5 Å². The third-order valence-corrected chi connectivity index (χ3v) is 5.21. The number of thioether (sulfide) groups is 1. The standard InChI is InChI=1S/C18H18N6S/c1-12-4-5-13(10-22-12)11-25-18-15(9-20)16(24-6-2-3-7-24)14(8-19)17(21)23-18/h4-5,10H,2-3,6-7,11H2,1H3,(H2,21,23). The van der Waals surface area contributed by atoms with Gasteiger partial charge in [0.25, 0.3) is 0 Å². The van der Waals surface area contributed by atoms with E-state index in [0.717, 1.165) is 37.2 Å². The number of rotatable bonds is 4. The summed E-state index contributed by atoms with van der Waals surface area (Å²) in [5.41, 5.74) is 9.41. The highest BCUT2D eigenvalue weighted by molar-refractivity contribution is 7.98. The third-order valence-electron chi connectivity index (χ3n) is 4.16. The van der Waals surface area contributed by atoms with Crippen LogP contribution in [0.15, 0.2) is 23.4 Å². The average molecular weight is 350 g/mol. The number of pyridine rings is 2. The normalized spacial score (nSPS) is 13.5. The maximum absolute atomic E-state index is 9.71.